The number of sulfonamides is 1. The lowest BCUT2D eigenvalue weighted by Gasteiger charge is -2.31. The van der Waals surface area contributed by atoms with Gasteiger partial charge in [0.1, 0.15) is 0 Å². The van der Waals surface area contributed by atoms with Gasteiger partial charge in [-0.25, -0.2) is 8.42 Å². The fourth-order valence-electron chi connectivity index (χ4n) is 2.70. The number of rotatable bonds is 7. The second-order valence-electron chi connectivity index (χ2n) is 5.87. The molecule has 1 aromatic rings. The molecule has 0 radical (unpaired) electrons. The lowest BCUT2D eigenvalue weighted by molar-refractivity contribution is 0.250. The molecule has 5 heteroatoms. The molecule has 1 aromatic carbocycles. The van der Waals surface area contributed by atoms with Crippen LogP contribution in [0.3, 0.4) is 0 Å². The van der Waals surface area contributed by atoms with Gasteiger partial charge in [0.05, 0.1) is 4.90 Å². The van der Waals surface area contributed by atoms with E-state index in [0.717, 1.165) is 24.0 Å². The molecule has 1 N–H and O–H groups in total. The van der Waals surface area contributed by atoms with Crippen molar-refractivity contribution in [2.24, 2.45) is 5.92 Å². The second kappa shape index (κ2) is 6.90. The Kier molecular flexibility index (Phi) is 5.41. The maximum Gasteiger partial charge on any atom is 0.243 e. The molecular formula is C16H26N2O2S. The van der Waals surface area contributed by atoms with Crippen LogP contribution in [-0.2, 0) is 16.6 Å². The van der Waals surface area contributed by atoms with Crippen LogP contribution in [0.2, 0.25) is 0 Å². The van der Waals surface area contributed by atoms with E-state index in [0.29, 0.717) is 30.4 Å². The number of aryl methyl sites for hydroxylation is 1. The minimum absolute atomic E-state index is 0.416. The zero-order valence-corrected chi connectivity index (χ0v) is 14.0. The fourth-order valence-corrected chi connectivity index (χ4v) is 4.28. The highest BCUT2D eigenvalue weighted by Gasteiger charge is 2.28. The summed E-state index contributed by atoms with van der Waals surface area (Å²) in [5, 5.41) is 3.09. The van der Waals surface area contributed by atoms with Crippen molar-refractivity contribution in [3.05, 3.63) is 29.3 Å². The summed E-state index contributed by atoms with van der Waals surface area (Å²) in [5.74, 6) is 0.543. The van der Waals surface area contributed by atoms with Crippen LogP contribution in [0.25, 0.3) is 0 Å². The summed E-state index contributed by atoms with van der Waals surface area (Å²) in [7, 11) is -1.50. The molecule has 1 aliphatic carbocycles. The van der Waals surface area contributed by atoms with Gasteiger partial charge in [0.15, 0.2) is 0 Å². The van der Waals surface area contributed by atoms with Gasteiger partial charge in [0, 0.05) is 19.6 Å². The Labute approximate surface area is 128 Å². The summed E-state index contributed by atoms with van der Waals surface area (Å²) < 4.78 is 27.3. The van der Waals surface area contributed by atoms with Crippen molar-refractivity contribution in [2.45, 2.75) is 44.6 Å². The average molecular weight is 310 g/mol. The van der Waals surface area contributed by atoms with E-state index in [9.17, 15) is 8.42 Å². The smallest absolute Gasteiger partial charge is 0.243 e. The first-order valence-corrected chi connectivity index (χ1v) is 9.17. The van der Waals surface area contributed by atoms with Crippen LogP contribution in [0, 0.1) is 12.8 Å². The van der Waals surface area contributed by atoms with Crippen LogP contribution < -0.4 is 5.32 Å². The quantitative estimate of drug-likeness (QED) is 0.842. The molecule has 0 heterocycles. The number of hydrogen-bond acceptors (Lipinski definition) is 3. The summed E-state index contributed by atoms with van der Waals surface area (Å²) in [6.07, 6.45) is 3.55. The SMILES string of the molecule is CCN(CC1CCC1)S(=O)(=O)c1ccc(C)c(CNC)c1. The van der Waals surface area contributed by atoms with Crippen molar-refractivity contribution in [2.75, 3.05) is 20.1 Å². The normalized spacial score (nSPS) is 16.2. The van der Waals surface area contributed by atoms with E-state index in [1.165, 1.54) is 6.42 Å². The molecule has 4 nitrogen and oxygen atoms in total. The molecule has 2 rings (SSSR count). The molecule has 1 aliphatic rings. The highest BCUT2D eigenvalue weighted by molar-refractivity contribution is 7.89. The number of nitrogens with zero attached hydrogens (tertiary/aromatic N) is 1. The molecule has 118 valence electrons. The number of nitrogens with one attached hydrogen (secondary N) is 1. The van der Waals surface area contributed by atoms with Gasteiger partial charge in [-0.05, 0) is 56.0 Å². The van der Waals surface area contributed by atoms with E-state index >= 15 is 0 Å². The average Bonchev–Trinajstić information content (AvgIpc) is 2.40. The molecule has 0 bridgehead atoms. The van der Waals surface area contributed by atoms with Crippen LogP contribution in [0.5, 0.6) is 0 Å². The summed E-state index contributed by atoms with van der Waals surface area (Å²) >= 11 is 0. The number of benzene rings is 1. The standard InChI is InChI=1S/C16H26N2O2S/c1-4-18(12-14-6-5-7-14)21(19,20)16-9-8-13(2)15(10-16)11-17-3/h8-10,14,17H,4-7,11-12H2,1-3H3. The van der Waals surface area contributed by atoms with E-state index < -0.39 is 10.0 Å². The Morgan fingerprint density at radius 3 is 2.57 bits per heavy atom. The summed E-state index contributed by atoms with van der Waals surface area (Å²) in [4.78, 5) is 0.416. The van der Waals surface area contributed by atoms with Crippen LogP contribution in [0.1, 0.15) is 37.3 Å². The molecule has 0 aliphatic heterocycles. The van der Waals surface area contributed by atoms with Crippen molar-refractivity contribution in [3.63, 3.8) is 0 Å². The van der Waals surface area contributed by atoms with Crippen molar-refractivity contribution in [1.29, 1.82) is 0 Å². The van der Waals surface area contributed by atoms with Gasteiger partial charge >= 0.3 is 0 Å². The maximum atomic E-state index is 12.8. The van der Waals surface area contributed by atoms with Gasteiger partial charge in [-0.3, -0.25) is 0 Å². The van der Waals surface area contributed by atoms with E-state index in [-0.39, 0.29) is 0 Å². The summed E-state index contributed by atoms with van der Waals surface area (Å²) in [5.41, 5.74) is 2.16. The molecule has 0 saturated heterocycles. The fraction of sp³-hybridized carbons (Fsp3) is 0.625. The van der Waals surface area contributed by atoms with Crippen molar-refractivity contribution >= 4 is 10.0 Å². The predicted molar refractivity (Wildman–Crippen MR) is 85.7 cm³/mol. The van der Waals surface area contributed by atoms with Gasteiger partial charge in [-0.15, -0.1) is 0 Å². The first-order chi connectivity index (χ1) is 9.98. The molecule has 1 saturated carbocycles. The highest BCUT2D eigenvalue weighted by atomic mass is 32.2. The topological polar surface area (TPSA) is 49.4 Å². The molecule has 0 unspecified atom stereocenters. The minimum Gasteiger partial charge on any atom is -0.316 e. The largest absolute Gasteiger partial charge is 0.316 e. The molecule has 0 atom stereocenters. The van der Waals surface area contributed by atoms with Gasteiger partial charge in [-0.2, -0.15) is 4.31 Å². The first kappa shape index (κ1) is 16.5. The van der Waals surface area contributed by atoms with E-state index in [4.69, 9.17) is 0 Å². The van der Waals surface area contributed by atoms with Crippen molar-refractivity contribution in [3.8, 4) is 0 Å². The molecule has 0 spiro atoms. The molecular weight excluding hydrogens is 284 g/mol. The number of hydrogen-bond donors (Lipinski definition) is 1. The third-order valence-electron chi connectivity index (χ3n) is 4.36. The molecule has 1 fully saturated rings. The Morgan fingerprint density at radius 2 is 2.05 bits per heavy atom. The Bertz CT molecular complexity index is 580. The predicted octanol–water partition coefficient (Wildman–Crippen LogP) is 2.53. The zero-order valence-electron chi connectivity index (χ0n) is 13.2. The third kappa shape index (κ3) is 3.65. The van der Waals surface area contributed by atoms with E-state index in [1.54, 1.807) is 10.4 Å². The first-order valence-electron chi connectivity index (χ1n) is 7.73. The Hall–Kier alpha value is -0.910. The van der Waals surface area contributed by atoms with Crippen LogP contribution >= 0.6 is 0 Å². The van der Waals surface area contributed by atoms with Crippen LogP contribution in [-0.4, -0.2) is 32.9 Å². The van der Waals surface area contributed by atoms with Gasteiger partial charge < -0.3 is 5.32 Å². The third-order valence-corrected chi connectivity index (χ3v) is 6.30. The van der Waals surface area contributed by atoms with Crippen molar-refractivity contribution < 1.29 is 8.42 Å². The second-order valence-corrected chi connectivity index (χ2v) is 7.81. The van der Waals surface area contributed by atoms with Gasteiger partial charge in [0.2, 0.25) is 10.0 Å². The molecule has 0 amide bonds. The zero-order chi connectivity index (χ0) is 15.5. The van der Waals surface area contributed by atoms with Crippen LogP contribution in [0.4, 0.5) is 0 Å². The molecule has 21 heavy (non-hydrogen) atoms. The van der Waals surface area contributed by atoms with Gasteiger partial charge in [0.25, 0.3) is 0 Å². The van der Waals surface area contributed by atoms with E-state index in [1.807, 2.05) is 33.0 Å². The van der Waals surface area contributed by atoms with Crippen LogP contribution in [0.15, 0.2) is 23.1 Å². The summed E-state index contributed by atoms with van der Waals surface area (Å²) in [6, 6.07) is 5.44. The maximum absolute atomic E-state index is 12.8. The van der Waals surface area contributed by atoms with Gasteiger partial charge in [-0.1, -0.05) is 19.4 Å². The molecule has 0 aromatic heterocycles. The lowest BCUT2D eigenvalue weighted by Crippen LogP contribution is -2.37. The Morgan fingerprint density at radius 1 is 1.33 bits per heavy atom. The van der Waals surface area contributed by atoms with Crippen molar-refractivity contribution in [1.82, 2.24) is 9.62 Å². The summed E-state index contributed by atoms with van der Waals surface area (Å²) in [6.45, 7) is 5.81. The monoisotopic (exact) mass is 310 g/mol. The minimum atomic E-state index is -3.37. The Balaban J connectivity index is 2.26. The lowest BCUT2D eigenvalue weighted by atomic mass is 9.85. The van der Waals surface area contributed by atoms with E-state index in [2.05, 4.69) is 5.32 Å². The highest BCUT2D eigenvalue weighted by Crippen LogP contribution is 2.29.